The molecule has 0 aliphatic heterocycles. The molecule has 0 radical (unpaired) electrons. The fourth-order valence-corrected chi connectivity index (χ4v) is 4.54. The summed E-state index contributed by atoms with van der Waals surface area (Å²) in [5.74, 6) is -0.407. The summed E-state index contributed by atoms with van der Waals surface area (Å²) in [5, 5.41) is 4.49. The van der Waals surface area contributed by atoms with Crippen molar-refractivity contribution >= 4 is 9.84 Å². The van der Waals surface area contributed by atoms with Crippen LogP contribution in [-0.2, 0) is 15.3 Å². The molecule has 0 fully saturated rings. The molecule has 0 bridgehead atoms. The van der Waals surface area contributed by atoms with Gasteiger partial charge in [0.05, 0.1) is 22.3 Å². The van der Waals surface area contributed by atoms with E-state index in [1.165, 1.54) is 28.9 Å². The monoisotopic (exact) mass is 476 g/mol. The van der Waals surface area contributed by atoms with E-state index in [4.69, 9.17) is 0 Å². The summed E-state index contributed by atoms with van der Waals surface area (Å²) in [5.41, 5.74) is 3.10. The Bertz CT molecular complexity index is 1520. The van der Waals surface area contributed by atoms with Gasteiger partial charge in [0.25, 0.3) is 5.56 Å². The highest BCUT2D eigenvalue weighted by atomic mass is 32.2. The molecule has 1 heterocycles. The van der Waals surface area contributed by atoms with E-state index in [1.807, 2.05) is 24.3 Å². The molecule has 4 aromatic rings. The van der Waals surface area contributed by atoms with Crippen molar-refractivity contribution in [2.45, 2.75) is 31.1 Å². The third-order valence-corrected chi connectivity index (χ3v) is 6.77. The number of aromatic nitrogens is 2. The normalized spacial score (nSPS) is 12.0. The minimum absolute atomic E-state index is 0.181. The molecule has 174 valence electrons. The number of nitrogens with zero attached hydrogens (tertiary/aromatic N) is 2. The van der Waals surface area contributed by atoms with Gasteiger partial charge in [0, 0.05) is 11.8 Å². The molecule has 0 saturated carbocycles. The Morgan fingerprint density at radius 3 is 2.03 bits per heavy atom. The molecule has 5 nitrogen and oxygen atoms in total. The third kappa shape index (κ3) is 4.56. The first-order valence-electron chi connectivity index (χ1n) is 10.8. The molecule has 0 atom stereocenters. The molecule has 7 heteroatoms. The van der Waals surface area contributed by atoms with Gasteiger partial charge in [-0.15, -0.1) is 0 Å². The minimum atomic E-state index is -3.36. The molecule has 0 amide bonds. The van der Waals surface area contributed by atoms with Crippen molar-refractivity contribution in [2.24, 2.45) is 0 Å². The Balaban J connectivity index is 2.00. The number of sulfone groups is 1. The first kappa shape index (κ1) is 23.6. The quantitative estimate of drug-likeness (QED) is 0.395. The van der Waals surface area contributed by atoms with Crippen molar-refractivity contribution in [3.05, 3.63) is 101 Å². The zero-order chi connectivity index (χ0) is 24.7. The zero-order valence-corrected chi connectivity index (χ0v) is 20.2. The molecular weight excluding hydrogens is 451 g/mol. The first-order chi connectivity index (χ1) is 16.0. The molecule has 0 aliphatic rings. The summed E-state index contributed by atoms with van der Waals surface area (Å²) in [6.07, 6.45) is 2.73. The smallest absolute Gasteiger partial charge is 0.267 e. The zero-order valence-electron chi connectivity index (χ0n) is 19.4. The number of para-hydroxylation sites is 1. The van der Waals surface area contributed by atoms with Crippen LogP contribution < -0.4 is 5.56 Å². The van der Waals surface area contributed by atoms with Gasteiger partial charge in [0.15, 0.2) is 9.84 Å². The van der Waals surface area contributed by atoms with Gasteiger partial charge in [-0.2, -0.15) is 9.78 Å². The average Bonchev–Trinajstić information content (AvgIpc) is 2.78. The van der Waals surface area contributed by atoms with Crippen LogP contribution in [0.15, 0.2) is 88.7 Å². The molecule has 1 aromatic heterocycles. The van der Waals surface area contributed by atoms with E-state index in [1.54, 1.807) is 30.5 Å². The second-order valence-electron chi connectivity index (χ2n) is 9.22. The predicted octanol–water partition coefficient (Wildman–Crippen LogP) is 5.41. The highest BCUT2D eigenvalue weighted by Crippen LogP contribution is 2.32. The molecule has 0 spiro atoms. The lowest BCUT2D eigenvalue weighted by atomic mass is 9.86. The molecule has 0 N–H and O–H groups in total. The molecular formula is C27H25FN2O3S. The van der Waals surface area contributed by atoms with Crippen molar-refractivity contribution in [2.75, 3.05) is 6.26 Å². The van der Waals surface area contributed by atoms with Crippen LogP contribution in [0.3, 0.4) is 0 Å². The minimum Gasteiger partial charge on any atom is -0.267 e. The lowest BCUT2D eigenvalue weighted by Gasteiger charge is -2.23. The van der Waals surface area contributed by atoms with E-state index < -0.39 is 15.7 Å². The van der Waals surface area contributed by atoms with Crippen LogP contribution in [0.25, 0.3) is 27.9 Å². The van der Waals surface area contributed by atoms with Crippen molar-refractivity contribution < 1.29 is 12.8 Å². The molecule has 0 unspecified atom stereocenters. The molecule has 34 heavy (non-hydrogen) atoms. The summed E-state index contributed by atoms with van der Waals surface area (Å²) < 4.78 is 38.8. The molecule has 0 aliphatic carbocycles. The maximum atomic E-state index is 13.9. The number of benzene rings is 3. The maximum Gasteiger partial charge on any atom is 0.280 e. The van der Waals surface area contributed by atoms with Gasteiger partial charge in [-0.25, -0.2) is 12.8 Å². The number of halogens is 1. The lowest BCUT2D eigenvalue weighted by Crippen LogP contribution is -2.26. The van der Waals surface area contributed by atoms with Crippen LogP contribution >= 0.6 is 0 Å². The molecule has 0 saturated heterocycles. The summed E-state index contributed by atoms with van der Waals surface area (Å²) in [6, 6.07) is 19.6. The Morgan fingerprint density at radius 1 is 0.853 bits per heavy atom. The van der Waals surface area contributed by atoms with Gasteiger partial charge in [-0.1, -0.05) is 63.2 Å². The van der Waals surface area contributed by atoms with E-state index in [-0.39, 0.29) is 15.9 Å². The van der Waals surface area contributed by atoms with Gasteiger partial charge in [0.2, 0.25) is 0 Å². The average molecular weight is 477 g/mol. The Labute approximate surface area is 198 Å². The summed E-state index contributed by atoms with van der Waals surface area (Å²) in [7, 11) is -3.36. The van der Waals surface area contributed by atoms with E-state index in [2.05, 4.69) is 25.9 Å². The van der Waals surface area contributed by atoms with Crippen molar-refractivity contribution in [1.82, 2.24) is 9.78 Å². The topological polar surface area (TPSA) is 69.0 Å². The van der Waals surface area contributed by atoms with Crippen LogP contribution in [0.5, 0.6) is 0 Å². The van der Waals surface area contributed by atoms with Crippen LogP contribution in [0.1, 0.15) is 26.3 Å². The fraction of sp³-hybridized carbons (Fsp3) is 0.185. The van der Waals surface area contributed by atoms with E-state index in [9.17, 15) is 17.6 Å². The van der Waals surface area contributed by atoms with Crippen LogP contribution in [0, 0.1) is 5.82 Å². The van der Waals surface area contributed by atoms with Crippen LogP contribution in [0.2, 0.25) is 0 Å². The number of hydrogen-bond acceptors (Lipinski definition) is 4. The molecule has 3 aromatic carbocycles. The van der Waals surface area contributed by atoms with Crippen molar-refractivity contribution in [1.29, 1.82) is 0 Å². The van der Waals surface area contributed by atoms with Gasteiger partial charge >= 0.3 is 0 Å². The van der Waals surface area contributed by atoms with Gasteiger partial charge < -0.3 is 0 Å². The Hall–Kier alpha value is -3.58. The SMILES string of the molecule is CC(C)(C)c1ccccc1-n1ncc(-c2ccc(S(C)(=O)=O)cc2)c(-c2ccc(F)cc2)c1=O. The Morgan fingerprint density at radius 2 is 1.44 bits per heavy atom. The number of rotatable bonds is 4. The summed E-state index contributed by atoms with van der Waals surface area (Å²) >= 11 is 0. The first-order valence-corrected chi connectivity index (χ1v) is 12.6. The van der Waals surface area contributed by atoms with Crippen LogP contribution in [0.4, 0.5) is 4.39 Å². The Kier molecular flexibility index (Phi) is 6.00. The van der Waals surface area contributed by atoms with E-state index in [0.717, 1.165) is 11.8 Å². The fourth-order valence-electron chi connectivity index (χ4n) is 3.91. The van der Waals surface area contributed by atoms with Crippen molar-refractivity contribution in [3.63, 3.8) is 0 Å². The van der Waals surface area contributed by atoms with E-state index in [0.29, 0.717) is 27.9 Å². The number of hydrogen-bond donors (Lipinski definition) is 0. The maximum absolute atomic E-state index is 13.9. The van der Waals surface area contributed by atoms with Gasteiger partial charge in [-0.05, 0) is 52.4 Å². The second-order valence-corrected chi connectivity index (χ2v) is 11.2. The van der Waals surface area contributed by atoms with Gasteiger partial charge in [0.1, 0.15) is 5.82 Å². The highest BCUT2D eigenvalue weighted by Gasteiger charge is 2.22. The summed E-state index contributed by atoms with van der Waals surface area (Å²) in [6.45, 7) is 6.19. The highest BCUT2D eigenvalue weighted by molar-refractivity contribution is 7.90. The largest absolute Gasteiger partial charge is 0.280 e. The standard InChI is InChI=1S/C27H25FN2O3S/c1-27(2,3)23-7-5-6-8-24(23)30-26(31)25(19-9-13-20(28)14-10-19)22(17-29-30)18-11-15-21(16-12-18)34(4,32)33/h5-17H,1-4H3. The molecule has 4 rings (SSSR count). The lowest BCUT2D eigenvalue weighted by molar-refractivity contribution is 0.581. The second kappa shape index (κ2) is 8.65. The van der Waals surface area contributed by atoms with Gasteiger partial charge in [-0.3, -0.25) is 4.79 Å². The van der Waals surface area contributed by atoms with Crippen molar-refractivity contribution in [3.8, 4) is 27.9 Å². The van der Waals surface area contributed by atoms with Crippen LogP contribution in [-0.4, -0.2) is 24.5 Å². The predicted molar refractivity (Wildman–Crippen MR) is 132 cm³/mol. The van der Waals surface area contributed by atoms with E-state index >= 15 is 0 Å². The third-order valence-electron chi connectivity index (χ3n) is 5.64. The summed E-state index contributed by atoms with van der Waals surface area (Å²) in [4.78, 5) is 14.0.